The Hall–Kier alpha value is -1.03. The molecule has 1 heterocycles. The maximum Gasteiger partial charge on any atom is 0.329 e. The second kappa shape index (κ2) is 4.02. The van der Waals surface area contributed by atoms with Gasteiger partial charge in [0.15, 0.2) is 0 Å². The smallest absolute Gasteiger partial charge is 0.297 e. The van der Waals surface area contributed by atoms with Crippen LogP contribution in [-0.4, -0.2) is 9.55 Å². The first kappa shape index (κ1) is 11.1. The lowest BCUT2D eigenvalue weighted by Crippen LogP contribution is -2.37. The molecule has 5 heteroatoms. The molecule has 4 nitrogen and oxygen atoms in total. The lowest BCUT2D eigenvalue weighted by molar-refractivity contribution is 0.616. The Labute approximate surface area is 104 Å². The summed E-state index contributed by atoms with van der Waals surface area (Å²) in [4.78, 5) is 26.7. The lowest BCUT2D eigenvalue weighted by Gasteiger charge is -2.12. The molecule has 2 aliphatic rings. The molecule has 0 saturated heterocycles. The molecule has 0 unspecified atom stereocenters. The summed E-state index contributed by atoms with van der Waals surface area (Å²) in [7, 11) is 0. The largest absolute Gasteiger partial charge is 0.329 e. The summed E-state index contributed by atoms with van der Waals surface area (Å²) in [5, 5.41) is 0.254. The van der Waals surface area contributed by atoms with E-state index in [1.807, 2.05) is 0 Å². The molecule has 0 atom stereocenters. The van der Waals surface area contributed by atoms with Crippen molar-refractivity contribution in [2.45, 2.75) is 50.5 Å². The highest BCUT2D eigenvalue weighted by Crippen LogP contribution is 2.36. The van der Waals surface area contributed by atoms with Crippen molar-refractivity contribution < 1.29 is 0 Å². The van der Waals surface area contributed by atoms with Crippen LogP contribution in [0, 0.1) is 0 Å². The predicted octanol–water partition coefficient (Wildman–Crippen LogP) is 2.18. The van der Waals surface area contributed by atoms with Gasteiger partial charge < -0.3 is 0 Å². The zero-order chi connectivity index (χ0) is 12.0. The maximum atomic E-state index is 12.3. The van der Waals surface area contributed by atoms with Gasteiger partial charge in [-0.3, -0.25) is 14.3 Å². The molecule has 1 N–H and O–H groups in total. The Bertz CT molecular complexity index is 551. The molecule has 1 aromatic rings. The SMILES string of the molecule is O=c1[nH]c(Cl)c(C2CCCC2)c(=O)n1C1CC1. The van der Waals surface area contributed by atoms with Gasteiger partial charge in [0, 0.05) is 6.04 Å². The van der Waals surface area contributed by atoms with E-state index in [9.17, 15) is 9.59 Å². The zero-order valence-corrected chi connectivity index (χ0v) is 10.3. The van der Waals surface area contributed by atoms with Crippen LogP contribution < -0.4 is 11.2 Å². The number of hydrogen-bond donors (Lipinski definition) is 1. The van der Waals surface area contributed by atoms with Gasteiger partial charge in [-0.2, -0.15) is 0 Å². The molecule has 0 amide bonds. The molecule has 0 radical (unpaired) electrons. The lowest BCUT2D eigenvalue weighted by atomic mass is 10.0. The number of nitrogens with one attached hydrogen (secondary N) is 1. The van der Waals surface area contributed by atoms with Crippen LogP contribution in [0.3, 0.4) is 0 Å². The van der Waals surface area contributed by atoms with Gasteiger partial charge in [0.25, 0.3) is 5.56 Å². The molecule has 2 aliphatic carbocycles. The topological polar surface area (TPSA) is 54.9 Å². The summed E-state index contributed by atoms with van der Waals surface area (Å²) in [5.74, 6) is 0.233. The van der Waals surface area contributed by atoms with Crippen LogP contribution in [-0.2, 0) is 0 Å². The molecule has 0 bridgehead atoms. The number of aromatic amines is 1. The molecule has 1 aromatic heterocycles. The Morgan fingerprint density at radius 2 is 1.76 bits per heavy atom. The van der Waals surface area contributed by atoms with Crippen molar-refractivity contribution in [1.29, 1.82) is 0 Å². The summed E-state index contributed by atoms with van der Waals surface area (Å²) in [5.41, 5.74) is 0.119. The van der Waals surface area contributed by atoms with Gasteiger partial charge in [0.05, 0.1) is 5.56 Å². The quantitative estimate of drug-likeness (QED) is 0.823. The third-order valence-electron chi connectivity index (χ3n) is 3.80. The van der Waals surface area contributed by atoms with Crippen LogP contribution in [0.2, 0.25) is 5.15 Å². The highest BCUT2D eigenvalue weighted by atomic mass is 35.5. The van der Waals surface area contributed by atoms with Crippen molar-refractivity contribution in [3.8, 4) is 0 Å². The van der Waals surface area contributed by atoms with Crippen LogP contribution in [0.25, 0.3) is 0 Å². The highest BCUT2D eigenvalue weighted by Gasteiger charge is 2.31. The Kier molecular flexibility index (Phi) is 2.62. The summed E-state index contributed by atoms with van der Waals surface area (Å²) in [6, 6.07) is 0.101. The first-order chi connectivity index (χ1) is 8.18. The van der Waals surface area contributed by atoms with Crippen molar-refractivity contribution in [1.82, 2.24) is 9.55 Å². The molecular weight excluding hydrogens is 240 g/mol. The molecule has 0 aliphatic heterocycles. The molecule has 0 spiro atoms. The maximum absolute atomic E-state index is 12.3. The van der Waals surface area contributed by atoms with Crippen molar-refractivity contribution in [2.75, 3.05) is 0 Å². The van der Waals surface area contributed by atoms with E-state index in [1.54, 1.807) is 0 Å². The average molecular weight is 255 g/mol. The zero-order valence-electron chi connectivity index (χ0n) is 9.54. The molecule has 2 fully saturated rings. The number of aromatic nitrogens is 2. The van der Waals surface area contributed by atoms with E-state index in [2.05, 4.69) is 4.98 Å². The van der Waals surface area contributed by atoms with Gasteiger partial charge in [0.2, 0.25) is 0 Å². The van der Waals surface area contributed by atoms with Crippen LogP contribution in [0.1, 0.15) is 56.0 Å². The second-order valence-corrected chi connectivity index (χ2v) is 5.42. The van der Waals surface area contributed by atoms with E-state index < -0.39 is 0 Å². The minimum atomic E-state index is -0.357. The summed E-state index contributed by atoms with van der Waals surface area (Å²) < 4.78 is 1.36. The molecule has 2 saturated carbocycles. The van der Waals surface area contributed by atoms with E-state index in [4.69, 9.17) is 11.6 Å². The van der Waals surface area contributed by atoms with Gasteiger partial charge in [-0.1, -0.05) is 24.4 Å². The van der Waals surface area contributed by atoms with Gasteiger partial charge >= 0.3 is 5.69 Å². The van der Waals surface area contributed by atoms with E-state index in [1.165, 1.54) is 4.57 Å². The van der Waals surface area contributed by atoms with E-state index in [0.29, 0.717) is 5.56 Å². The van der Waals surface area contributed by atoms with Gasteiger partial charge in [-0.05, 0) is 31.6 Å². The van der Waals surface area contributed by atoms with Crippen LogP contribution >= 0.6 is 11.6 Å². The molecule has 92 valence electrons. The fraction of sp³-hybridized carbons (Fsp3) is 0.667. The number of H-pyrrole nitrogens is 1. The fourth-order valence-corrected chi connectivity index (χ4v) is 3.09. The third-order valence-corrected chi connectivity index (χ3v) is 4.09. The number of rotatable bonds is 2. The first-order valence-corrected chi connectivity index (χ1v) is 6.60. The van der Waals surface area contributed by atoms with Gasteiger partial charge in [0.1, 0.15) is 5.15 Å². The molecular formula is C12H15ClN2O2. The fourth-order valence-electron chi connectivity index (χ4n) is 2.77. The van der Waals surface area contributed by atoms with Crippen LogP contribution in [0.4, 0.5) is 0 Å². The van der Waals surface area contributed by atoms with Crippen molar-refractivity contribution >= 4 is 11.6 Å². The van der Waals surface area contributed by atoms with Gasteiger partial charge in [-0.25, -0.2) is 4.79 Å². The van der Waals surface area contributed by atoms with Crippen molar-refractivity contribution in [3.05, 3.63) is 31.6 Å². The highest BCUT2D eigenvalue weighted by molar-refractivity contribution is 6.30. The van der Waals surface area contributed by atoms with E-state index >= 15 is 0 Å². The van der Waals surface area contributed by atoms with Crippen molar-refractivity contribution in [2.24, 2.45) is 0 Å². The normalized spacial score (nSPS) is 21.0. The van der Waals surface area contributed by atoms with E-state index in [0.717, 1.165) is 38.5 Å². The van der Waals surface area contributed by atoms with Crippen LogP contribution in [0.15, 0.2) is 9.59 Å². The van der Waals surface area contributed by atoms with Crippen LogP contribution in [0.5, 0.6) is 0 Å². The Morgan fingerprint density at radius 3 is 2.35 bits per heavy atom. The first-order valence-electron chi connectivity index (χ1n) is 6.22. The molecule has 0 aromatic carbocycles. The summed E-state index contributed by atoms with van der Waals surface area (Å²) in [6.07, 6.45) is 6.15. The third kappa shape index (κ3) is 1.84. The van der Waals surface area contributed by atoms with E-state index in [-0.39, 0.29) is 28.4 Å². The monoisotopic (exact) mass is 254 g/mol. The summed E-state index contributed by atoms with van der Waals surface area (Å²) >= 11 is 6.04. The number of hydrogen-bond acceptors (Lipinski definition) is 2. The molecule has 17 heavy (non-hydrogen) atoms. The second-order valence-electron chi connectivity index (χ2n) is 5.05. The Morgan fingerprint density at radius 1 is 1.12 bits per heavy atom. The number of nitrogens with zero attached hydrogens (tertiary/aromatic N) is 1. The molecule has 3 rings (SSSR count). The minimum Gasteiger partial charge on any atom is -0.297 e. The predicted molar refractivity (Wildman–Crippen MR) is 65.8 cm³/mol. The van der Waals surface area contributed by atoms with Gasteiger partial charge in [-0.15, -0.1) is 0 Å². The minimum absolute atomic E-state index is 0.101. The average Bonchev–Trinajstić information content (AvgIpc) is 2.93. The van der Waals surface area contributed by atoms with Crippen molar-refractivity contribution in [3.63, 3.8) is 0 Å². The Balaban J connectivity index is 2.16. The number of halogens is 1. The standard InChI is InChI=1S/C12H15ClN2O2/c13-10-9(7-3-1-2-4-7)11(16)15(8-5-6-8)12(17)14-10/h7-8H,1-6H2,(H,14,17). The summed E-state index contributed by atoms with van der Waals surface area (Å²) in [6.45, 7) is 0.